The summed E-state index contributed by atoms with van der Waals surface area (Å²) >= 11 is 0. The van der Waals surface area contributed by atoms with E-state index in [1.807, 2.05) is 13.8 Å². The van der Waals surface area contributed by atoms with Gasteiger partial charge in [0.1, 0.15) is 0 Å². The van der Waals surface area contributed by atoms with E-state index >= 15 is 0 Å². The monoisotopic (exact) mass is 382 g/mol. The molecule has 0 aliphatic heterocycles. The zero-order chi connectivity index (χ0) is 20.6. The number of carbonyl (C=O) groups is 3. The summed E-state index contributed by atoms with van der Waals surface area (Å²) in [5.74, 6) is -1.60. The summed E-state index contributed by atoms with van der Waals surface area (Å²) in [6.07, 6.45) is 0. The fourth-order valence-corrected chi connectivity index (χ4v) is 2.20. The van der Waals surface area contributed by atoms with Crippen LogP contribution in [0.3, 0.4) is 0 Å². The Morgan fingerprint density at radius 3 is 2.37 bits per heavy atom. The molecule has 9 nitrogen and oxygen atoms in total. The van der Waals surface area contributed by atoms with Crippen LogP contribution in [0.5, 0.6) is 11.5 Å². The predicted octanol–water partition coefficient (Wildman–Crippen LogP) is 0.818. The third-order valence-corrected chi connectivity index (χ3v) is 3.53. The fraction of sp³-hybridized carbons (Fsp3) is 0.500. The molecule has 0 radical (unpaired) electrons. The van der Waals surface area contributed by atoms with Crippen LogP contribution >= 0.6 is 0 Å². The van der Waals surface area contributed by atoms with E-state index in [1.165, 1.54) is 39.3 Å². The maximum atomic E-state index is 12.4. The topological polar surface area (TPSA) is 123 Å². The first kappa shape index (κ1) is 22.2. The summed E-state index contributed by atoms with van der Waals surface area (Å²) in [6, 6.07) is 4.32. The number of hydrogen-bond acceptors (Lipinski definition) is 6. The Hall–Kier alpha value is -2.81. The first-order valence-electron chi connectivity index (χ1n) is 8.28. The van der Waals surface area contributed by atoms with Crippen molar-refractivity contribution < 1.29 is 33.7 Å². The summed E-state index contributed by atoms with van der Waals surface area (Å²) in [7, 11) is 2.74. The van der Waals surface area contributed by atoms with Crippen LogP contribution in [0.1, 0.15) is 31.1 Å². The molecule has 1 atom stereocenters. The number of benzene rings is 1. The van der Waals surface area contributed by atoms with Gasteiger partial charge < -0.3 is 30.0 Å². The molecular formula is C18H26N2O7. The maximum Gasteiger partial charge on any atom is 0.331 e. The van der Waals surface area contributed by atoms with Gasteiger partial charge in [-0.15, -0.1) is 0 Å². The number of amides is 2. The number of carboxylic acid groups (broad SMARTS) is 1. The summed E-state index contributed by atoms with van der Waals surface area (Å²) in [5, 5.41) is 14.4. The first-order chi connectivity index (χ1) is 12.6. The molecule has 0 heterocycles. The van der Waals surface area contributed by atoms with Gasteiger partial charge in [0.2, 0.25) is 0 Å². The summed E-state index contributed by atoms with van der Waals surface area (Å²) in [6.45, 7) is 4.61. The second-order valence-corrected chi connectivity index (χ2v) is 6.40. The molecular weight excluding hydrogens is 356 g/mol. The van der Waals surface area contributed by atoms with Gasteiger partial charge in [0.25, 0.3) is 11.8 Å². The standard InChI is InChI=1S/C18H26N2O7/c1-11(2)19-15(21)9-27-13-7-6-12(8-14(13)26-5)16(22)20-18(3,10-25-4)17(23)24/h6-8,11H,9-10H2,1-5H3,(H,19,21)(H,20,22)(H,23,24). The van der Waals surface area contributed by atoms with E-state index in [-0.39, 0.29) is 42.2 Å². The average Bonchev–Trinajstić information content (AvgIpc) is 2.59. The fourth-order valence-electron chi connectivity index (χ4n) is 2.20. The number of ether oxygens (including phenoxy) is 3. The molecule has 0 saturated heterocycles. The minimum atomic E-state index is -1.58. The highest BCUT2D eigenvalue weighted by Crippen LogP contribution is 2.28. The molecule has 1 aromatic rings. The normalized spacial score (nSPS) is 12.8. The lowest BCUT2D eigenvalue weighted by Gasteiger charge is -2.25. The zero-order valence-electron chi connectivity index (χ0n) is 16.1. The van der Waals surface area contributed by atoms with Gasteiger partial charge in [-0.3, -0.25) is 9.59 Å². The first-order valence-corrected chi connectivity index (χ1v) is 8.28. The Morgan fingerprint density at radius 1 is 1.19 bits per heavy atom. The molecule has 1 unspecified atom stereocenters. The van der Waals surface area contributed by atoms with Crippen molar-refractivity contribution in [2.45, 2.75) is 32.4 Å². The van der Waals surface area contributed by atoms with E-state index in [9.17, 15) is 19.5 Å². The van der Waals surface area contributed by atoms with Crippen molar-refractivity contribution >= 4 is 17.8 Å². The third kappa shape index (κ3) is 6.45. The minimum Gasteiger partial charge on any atom is -0.493 e. The van der Waals surface area contributed by atoms with Crippen LogP contribution in [0.25, 0.3) is 0 Å². The number of hydrogen-bond donors (Lipinski definition) is 3. The van der Waals surface area contributed by atoms with Crippen LogP contribution < -0.4 is 20.1 Å². The summed E-state index contributed by atoms with van der Waals surface area (Å²) < 4.78 is 15.5. The largest absolute Gasteiger partial charge is 0.493 e. The molecule has 0 saturated carbocycles. The lowest BCUT2D eigenvalue weighted by molar-refractivity contribution is -0.145. The Balaban J connectivity index is 2.90. The van der Waals surface area contributed by atoms with Crippen molar-refractivity contribution in [1.29, 1.82) is 0 Å². The number of aliphatic carboxylic acids is 1. The van der Waals surface area contributed by atoms with E-state index in [0.29, 0.717) is 0 Å². The van der Waals surface area contributed by atoms with E-state index in [1.54, 1.807) is 0 Å². The molecule has 0 fully saturated rings. The van der Waals surface area contributed by atoms with Gasteiger partial charge in [0.15, 0.2) is 23.6 Å². The molecule has 9 heteroatoms. The van der Waals surface area contributed by atoms with Crippen molar-refractivity contribution in [3.63, 3.8) is 0 Å². The van der Waals surface area contributed by atoms with E-state index in [2.05, 4.69) is 10.6 Å². The molecule has 0 aliphatic carbocycles. The van der Waals surface area contributed by atoms with Crippen LogP contribution in [-0.4, -0.2) is 61.9 Å². The highest BCUT2D eigenvalue weighted by molar-refractivity contribution is 5.98. The van der Waals surface area contributed by atoms with Gasteiger partial charge in [-0.05, 0) is 39.0 Å². The van der Waals surface area contributed by atoms with Crippen LogP contribution in [0.2, 0.25) is 0 Å². The summed E-state index contributed by atoms with van der Waals surface area (Å²) in [5.41, 5.74) is -1.40. The highest BCUT2D eigenvalue weighted by atomic mass is 16.5. The Labute approximate surface area is 158 Å². The van der Waals surface area contributed by atoms with Gasteiger partial charge in [-0.1, -0.05) is 0 Å². The number of nitrogens with one attached hydrogen (secondary N) is 2. The van der Waals surface area contributed by atoms with Crippen molar-refractivity contribution in [3.8, 4) is 11.5 Å². The highest BCUT2D eigenvalue weighted by Gasteiger charge is 2.35. The van der Waals surface area contributed by atoms with Gasteiger partial charge >= 0.3 is 5.97 Å². The zero-order valence-corrected chi connectivity index (χ0v) is 16.1. The van der Waals surface area contributed by atoms with E-state index < -0.39 is 17.4 Å². The minimum absolute atomic E-state index is 0.00952. The number of methoxy groups -OCH3 is 2. The Morgan fingerprint density at radius 2 is 1.85 bits per heavy atom. The molecule has 0 aromatic heterocycles. The maximum absolute atomic E-state index is 12.4. The van der Waals surface area contributed by atoms with E-state index in [4.69, 9.17) is 14.2 Å². The number of rotatable bonds is 10. The molecule has 0 spiro atoms. The molecule has 150 valence electrons. The summed E-state index contributed by atoms with van der Waals surface area (Å²) in [4.78, 5) is 35.5. The second kappa shape index (κ2) is 9.77. The molecule has 0 aliphatic rings. The quantitative estimate of drug-likeness (QED) is 0.547. The van der Waals surface area contributed by atoms with Crippen molar-refractivity contribution in [1.82, 2.24) is 10.6 Å². The molecule has 0 bridgehead atoms. The van der Waals surface area contributed by atoms with Gasteiger partial charge in [-0.25, -0.2) is 4.79 Å². The van der Waals surface area contributed by atoms with Crippen LogP contribution in [0.15, 0.2) is 18.2 Å². The Bertz CT molecular complexity index is 690. The van der Waals surface area contributed by atoms with Crippen molar-refractivity contribution in [2.75, 3.05) is 27.4 Å². The SMILES string of the molecule is COCC(C)(NC(=O)c1ccc(OCC(=O)NC(C)C)c(OC)c1)C(=O)O. The molecule has 2 amide bonds. The van der Waals surface area contributed by atoms with Crippen molar-refractivity contribution in [3.05, 3.63) is 23.8 Å². The number of carboxylic acids is 1. The molecule has 27 heavy (non-hydrogen) atoms. The van der Waals surface area contributed by atoms with E-state index in [0.717, 1.165) is 0 Å². The van der Waals surface area contributed by atoms with Crippen molar-refractivity contribution in [2.24, 2.45) is 0 Å². The Kier molecular flexibility index (Phi) is 8.04. The second-order valence-electron chi connectivity index (χ2n) is 6.40. The average molecular weight is 382 g/mol. The van der Waals surface area contributed by atoms with Gasteiger partial charge in [-0.2, -0.15) is 0 Å². The lowest BCUT2D eigenvalue weighted by Crippen LogP contribution is -2.55. The third-order valence-electron chi connectivity index (χ3n) is 3.53. The van der Waals surface area contributed by atoms with Crippen LogP contribution in [0.4, 0.5) is 0 Å². The molecule has 1 rings (SSSR count). The van der Waals surface area contributed by atoms with Gasteiger partial charge in [0.05, 0.1) is 13.7 Å². The predicted molar refractivity (Wildman–Crippen MR) is 97.2 cm³/mol. The number of carbonyl (C=O) groups excluding carboxylic acids is 2. The van der Waals surface area contributed by atoms with Crippen LogP contribution in [-0.2, 0) is 14.3 Å². The molecule has 3 N–H and O–H groups in total. The lowest BCUT2D eigenvalue weighted by atomic mass is 10.0. The van der Waals surface area contributed by atoms with Crippen LogP contribution in [0, 0.1) is 0 Å². The smallest absolute Gasteiger partial charge is 0.331 e. The van der Waals surface area contributed by atoms with Gasteiger partial charge in [0, 0.05) is 18.7 Å². The molecule has 1 aromatic carbocycles.